The molecule has 0 radical (unpaired) electrons. The number of sulfonamides is 1. The van der Waals surface area contributed by atoms with Crippen molar-refractivity contribution in [2.75, 3.05) is 7.11 Å². The molecule has 1 heterocycles. The fourth-order valence-electron chi connectivity index (χ4n) is 2.64. The van der Waals surface area contributed by atoms with Gasteiger partial charge in [0, 0.05) is 5.56 Å². The molecule has 4 N–H and O–H groups in total. The fourth-order valence-corrected chi connectivity index (χ4v) is 3.15. The van der Waals surface area contributed by atoms with Crippen LogP contribution in [0, 0.1) is 0 Å². The topological polar surface area (TPSA) is 130 Å². The Labute approximate surface area is 156 Å². The molecule has 9 heteroatoms. The molecular formula is C18H18N4O4S. The van der Waals surface area contributed by atoms with Gasteiger partial charge in [0.1, 0.15) is 5.75 Å². The van der Waals surface area contributed by atoms with Crippen molar-refractivity contribution in [3.05, 3.63) is 60.3 Å². The van der Waals surface area contributed by atoms with E-state index in [9.17, 15) is 13.2 Å². The first-order valence-electron chi connectivity index (χ1n) is 7.93. The third-order valence-electron chi connectivity index (χ3n) is 3.91. The molecule has 27 heavy (non-hydrogen) atoms. The van der Waals surface area contributed by atoms with Gasteiger partial charge >= 0.3 is 0 Å². The highest BCUT2D eigenvalue weighted by Crippen LogP contribution is 2.26. The number of nitrogens with two attached hydrogens (primary N) is 2. The maximum Gasteiger partial charge on any atom is 0.238 e. The Morgan fingerprint density at radius 1 is 1.11 bits per heavy atom. The predicted molar refractivity (Wildman–Crippen MR) is 99.8 cm³/mol. The Kier molecular flexibility index (Phi) is 4.98. The molecule has 0 atom stereocenters. The summed E-state index contributed by atoms with van der Waals surface area (Å²) >= 11 is 0. The molecule has 0 aliphatic carbocycles. The second-order valence-corrected chi connectivity index (χ2v) is 7.40. The van der Waals surface area contributed by atoms with Gasteiger partial charge in [-0.3, -0.25) is 4.79 Å². The van der Waals surface area contributed by atoms with E-state index in [1.54, 1.807) is 30.0 Å². The summed E-state index contributed by atoms with van der Waals surface area (Å²) in [5.41, 5.74) is 7.96. The van der Waals surface area contributed by atoms with Gasteiger partial charge in [-0.2, -0.15) is 5.10 Å². The quantitative estimate of drug-likeness (QED) is 0.658. The number of benzene rings is 2. The SMILES string of the molecule is COc1ccc(-c2cc(CC(N)=O)nn2-c2ccc(S(N)(=O)=O)cc2)cc1. The standard InChI is InChI=1S/C18H18N4O4S/c1-26-15-6-2-12(3-7-15)17-10-13(11-18(19)23)21-22(17)14-4-8-16(9-5-14)27(20,24)25/h2-10H,11H2,1H3,(H2,19,23)(H2,20,24,25). The van der Waals surface area contributed by atoms with E-state index in [2.05, 4.69) is 5.10 Å². The lowest BCUT2D eigenvalue weighted by molar-refractivity contribution is -0.117. The summed E-state index contributed by atoms with van der Waals surface area (Å²) in [6.07, 6.45) is -0.00851. The summed E-state index contributed by atoms with van der Waals surface area (Å²) in [6.45, 7) is 0. The molecule has 0 bridgehead atoms. The smallest absolute Gasteiger partial charge is 0.238 e. The van der Waals surface area contributed by atoms with Gasteiger partial charge in [-0.1, -0.05) is 0 Å². The average molecular weight is 386 g/mol. The van der Waals surface area contributed by atoms with Crippen molar-refractivity contribution in [1.29, 1.82) is 0 Å². The summed E-state index contributed by atoms with van der Waals surface area (Å²) in [6, 6.07) is 15.1. The lowest BCUT2D eigenvalue weighted by Crippen LogP contribution is -2.14. The lowest BCUT2D eigenvalue weighted by Gasteiger charge is -2.09. The molecule has 0 aliphatic heterocycles. The number of ether oxygens (including phenoxy) is 1. The Balaban J connectivity index is 2.09. The number of aromatic nitrogens is 2. The zero-order valence-corrected chi connectivity index (χ0v) is 15.3. The molecule has 3 aromatic rings. The zero-order chi connectivity index (χ0) is 19.6. The third kappa shape index (κ3) is 4.15. The molecular weight excluding hydrogens is 368 g/mol. The van der Waals surface area contributed by atoms with Crippen LogP contribution in [-0.2, 0) is 21.2 Å². The highest BCUT2D eigenvalue weighted by molar-refractivity contribution is 7.89. The van der Waals surface area contributed by atoms with Crippen molar-refractivity contribution in [1.82, 2.24) is 9.78 Å². The van der Waals surface area contributed by atoms with Crippen LogP contribution in [0.2, 0.25) is 0 Å². The van der Waals surface area contributed by atoms with Gasteiger partial charge in [-0.05, 0) is 54.6 Å². The Bertz CT molecular complexity index is 1070. The van der Waals surface area contributed by atoms with Crippen LogP contribution in [0.3, 0.4) is 0 Å². The van der Waals surface area contributed by atoms with Crippen LogP contribution in [0.25, 0.3) is 16.9 Å². The number of hydrogen-bond acceptors (Lipinski definition) is 5. The molecule has 0 spiro atoms. The summed E-state index contributed by atoms with van der Waals surface area (Å²) < 4.78 is 29.7. The number of primary amides is 1. The number of nitrogens with zero attached hydrogens (tertiary/aromatic N) is 2. The number of rotatable bonds is 6. The second kappa shape index (κ2) is 7.22. The van der Waals surface area contributed by atoms with E-state index >= 15 is 0 Å². The van der Waals surface area contributed by atoms with Gasteiger partial charge in [-0.15, -0.1) is 0 Å². The molecule has 2 aromatic carbocycles. The minimum atomic E-state index is -3.79. The Hall–Kier alpha value is -3.17. The van der Waals surface area contributed by atoms with E-state index in [0.717, 1.165) is 11.3 Å². The molecule has 8 nitrogen and oxygen atoms in total. The van der Waals surface area contributed by atoms with Crippen molar-refractivity contribution in [3.63, 3.8) is 0 Å². The Morgan fingerprint density at radius 2 is 1.74 bits per heavy atom. The summed E-state index contributed by atoms with van der Waals surface area (Å²) in [7, 11) is -2.21. The molecule has 0 fully saturated rings. The van der Waals surface area contributed by atoms with Crippen LogP contribution in [0.5, 0.6) is 5.75 Å². The number of carbonyl (C=O) groups is 1. The third-order valence-corrected chi connectivity index (χ3v) is 4.84. The maximum atomic E-state index is 11.4. The second-order valence-electron chi connectivity index (χ2n) is 5.84. The first-order valence-corrected chi connectivity index (χ1v) is 9.47. The van der Waals surface area contributed by atoms with Gasteiger partial charge in [0.25, 0.3) is 0 Å². The summed E-state index contributed by atoms with van der Waals surface area (Å²) in [4.78, 5) is 11.3. The molecule has 3 rings (SSSR count). The van der Waals surface area contributed by atoms with E-state index in [0.29, 0.717) is 17.1 Å². The molecule has 0 saturated carbocycles. The number of carbonyl (C=O) groups excluding carboxylic acids is 1. The number of hydrogen-bond donors (Lipinski definition) is 2. The maximum absolute atomic E-state index is 11.4. The predicted octanol–water partition coefficient (Wildman–Crippen LogP) is 1.22. The molecule has 0 aliphatic rings. The largest absolute Gasteiger partial charge is 0.497 e. The summed E-state index contributed by atoms with van der Waals surface area (Å²) in [5.74, 6) is 0.213. The van der Waals surface area contributed by atoms with Crippen molar-refractivity contribution in [3.8, 4) is 22.7 Å². The fraction of sp³-hybridized carbons (Fsp3) is 0.111. The van der Waals surface area contributed by atoms with Crippen LogP contribution in [0.1, 0.15) is 5.69 Å². The molecule has 140 valence electrons. The highest BCUT2D eigenvalue weighted by Gasteiger charge is 2.15. The number of methoxy groups -OCH3 is 1. The molecule has 1 amide bonds. The van der Waals surface area contributed by atoms with Crippen molar-refractivity contribution >= 4 is 15.9 Å². The Morgan fingerprint density at radius 3 is 2.26 bits per heavy atom. The first-order chi connectivity index (χ1) is 12.8. The highest BCUT2D eigenvalue weighted by atomic mass is 32.2. The number of amides is 1. The van der Waals surface area contributed by atoms with Gasteiger partial charge in [0.15, 0.2) is 0 Å². The van der Waals surface area contributed by atoms with Crippen LogP contribution in [0.15, 0.2) is 59.5 Å². The van der Waals surface area contributed by atoms with Gasteiger partial charge in [0.05, 0.1) is 35.5 Å². The lowest BCUT2D eigenvalue weighted by atomic mass is 10.1. The number of primary sulfonamides is 1. The van der Waals surface area contributed by atoms with Crippen molar-refractivity contribution in [2.45, 2.75) is 11.3 Å². The van der Waals surface area contributed by atoms with Gasteiger partial charge < -0.3 is 10.5 Å². The van der Waals surface area contributed by atoms with Gasteiger partial charge in [-0.25, -0.2) is 18.2 Å². The normalized spacial score (nSPS) is 11.3. The minimum Gasteiger partial charge on any atom is -0.497 e. The monoisotopic (exact) mass is 386 g/mol. The van der Waals surface area contributed by atoms with Crippen LogP contribution >= 0.6 is 0 Å². The molecule has 0 saturated heterocycles. The van der Waals surface area contributed by atoms with Crippen LogP contribution in [0.4, 0.5) is 0 Å². The van der Waals surface area contributed by atoms with E-state index < -0.39 is 15.9 Å². The first kappa shape index (κ1) is 18.6. The summed E-state index contributed by atoms with van der Waals surface area (Å²) in [5, 5.41) is 9.57. The van der Waals surface area contributed by atoms with Crippen molar-refractivity contribution < 1.29 is 17.9 Å². The van der Waals surface area contributed by atoms with E-state index in [1.165, 1.54) is 12.1 Å². The molecule has 0 unspecified atom stereocenters. The van der Waals surface area contributed by atoms with E-state index in [-0.39, 0.29) is 11.3 Å². The average Bonchev–Trinajstić information content (AvgIpc) is 3.04. The van der Waals surface area contributed by atoms with Crippen LogP contribution < -0.4 is 15.6 Å². The molecule has 1 aromatic heterocycles. The zero-order valence-electron chi connectivity index (χ0n) is 14.5. The van der Waals surface area contributed by atoms with Crippen molar-refractivity contribution in [2.24, 2.45) is 10.9 Å². The van der Waals surface area contributed by atoms with Gasteiger partial charge in [0.2, 0.25) is 15.9 Å². The van der Waals surface area contributed by atoms with E-state index in [1.807, 2.05) is 24.3 Å². The van der Waals surface area contributed by atoms with E-state index in [4.69, 9.17) is 15.6 Å². The van der Waals surface area contributed by atoms with Crippen LogP contribution in [-0.4, -0.2) is 31.2 Å². The minimum absolute atomic E-state index is 0.00163.